The summed E-state index contributed by atoms with van der Waals surface area (Å²) >= 11 is 4.90. The lowest BCUT2D eigenvalue weighted by Gasteiger charge is -2.12. The SMILES string of the molecule is CCCc1nc2scc(-c3ccc(Br)cc3)c2c(=O)n1CCCC(=O)O. The van der Waals surface area contributed by atoms with E-state index in [2.05, 4.69) is 15.9 Å². The summed E-state index contributed by atoms with van der Waals surface area (Å²) in [5, 5.41) is 11.5. The summed E-state index contributed by atoms with van der Waals surface area (Å²) in [7, 11) is 0. The van der Waals surface area contributed by atoms with E-state index in [1.807, 2.05) is 36.6 Å². The Bertz CT molecular complexity index is 992. The molecule has 2 aromatic heterocycles. The molecular weight excluding hydrogens is 416 g/mol. The van der Waals surface area contributed by atoms with Crippen molar-refractivity contribution in [3.63, 3.8) is 0 Å². The number of carboxylic acids is 1. The Morgan fingerprint density at radius 2 is 2.04 bits per heavy atom. The van der Waals surface area contributed by atoms with Gasteiger partial charge in [0.15, 0.2) is 0 Å². The lowest BCUT2D eigenvalue weighted by molar-refractivity contribution is -0.137. The average Bonchev–Trinajstić information content (AvgIpc) is 3.02. The fraction of sp³-hybridized carbons (Fsp3) is 0.316. The van der Waals surface area contributed by atoms with Crippen molar-refractivity contribution >= 4 is 43.5 Å². The van der Waals surface area contributed by atoms with Gasteiger partial charge < -0.3 is 5.11 Å². The monoisotopic (exact) mass is 434 g/mol. The summed E-state index contributed by atoms with van der Waals surface area (Å²) in [6, 6.07) is 7.84. The van der Waals surface area contributed by atoms with Crippen LogP contribution in [-0.4, -0.2) is 20.6 Å². The van der Waals surface area contributed by atoms with E-state index < -0.39 is 5.97 Å². The van der Waals surface area contributed by atoms with E-state index in [4.69, 9.17) is 10.1 Å². The number of carboxylic acid groups (broad SMARTS) is 1. The second kappa shape index (κ2) is 8.14. The zero-order valence-electron chi connectivity index (χ0n) is 14.4. The minimum atomic E-state index is -0.852. The number of rotatable bonds is 7. The normalized spacial score (nSPS) is 11.2. The predicted octanol–water partition coefficient (Wildman–Crippen LogP) is 4.70. The lowest BCUT2D eigenvalue weighted by atomic mass is 10.1. The number of halogens is 1. The van der Waals surface area contributed by atoms with Crippen LogP contribution in [0.4, 0.5) is 0 Å². The highest BCUT2D eigenvalue weighted by Gasteiger charge is 2.17. The van der Waals surface area contributed by atoms with Crippen LogP contribution in [0.1, 0.15) is 32.0 Å². The summed E-state index contributed by atoms with van der Waals surface area (Å²) in [5.41, 5.74) is 1.77. The summed E-state index contributed by atoms with van der Waals surface area (Å²) in [6.07, 6.45) is 2.03. The van der Waals surface area contributed by atoms with E-state index in [1.165, 1.54) is 11.3 Å². The number of hydrogen-bond acceptors (Lipinski definition) is 4. The predicted molar refractivity (Wildman–Crippen MR) is 108 cm³/mol. The largest absolute Gasteiger partial charge is 0.481 e. The fourth-order valence-corrected chi connectivity index (χ4v) is 4.16. The van der Waals surface area contributed by atoms with Crippen molar-refractivity contribution in [2.45, 2.75) is 39.2 Å². The van der Waals surface area contributed by atoms with Crippen molar-refractivity contribution in [3.8, 4) is 11.1 Å². The third-order valence-electron chi connectivity index (χ3n) is 4.17. The molecule has 5 nitrogen and oxygen atoms in total. The zero-order chi connectivity index (χ0) is 18.7. The molecule has 0 spiro atoms. The van der Waals surface area contributed by atoms with Gasteiger partial charge in [-0.3, -0.25) is 14.2 Å². The number of carbonyl (C=O) groups is 1. The second-order valence-electron chi connectivity index (χ2n) is 6.07. The van der Waals surface area contributed by atoms with E-state index in [0.717, 1.165) is 32.7 Å². The van der Waals surface area contributed by atoms with Gasteiger partial charge in [0.05, 0.1) is 5.39 Å². The maximum atomic E-state index is 13.2. The van der Waals surface area contributed by atoms with Crippen LogP contribution >= 0.6 is 27.3 Å². The van der Waals surface area contributed by atoms with Crippen molar-refractivity contribution in [2.24, 2.45) is 0 Å². The fourth-order valence-electron chi connectivity index (χ4n) is 2.94. The molecule has 0 atom stereocenters. The van der Waals surface area contributed by atoms with Crippen LogP contribution in [0.15, 0.2) is 38.9 Å². The van der Waals surface area contributed by atoms with Crippen LogP contribution in [-0.2, 0) is 17.8 Å². The van der Waals surface area contributed by atoms with Gasteiger partial charge >= 0.3 is 5.97 Å². The highest BCUT2D eigenvalue weighted by Crippen LogP contribution is 2.31. The molecule has 0 aliphatic heterocycles. The number of thiophene rings is 1. The maximum absolute atomic E-state index is 13.2. The van der Waals surface area contributed by atoms with Gasteiger partial charge in [-0.15, -0.1) is 11.3 Å². The highest BCUT2D eigenvalue weighted by atomic mass is 79.9. The Morgan fingerprint density at radius 1 is 1.31 bits per heavy atom. The summed E-state index contributed by atoms with van der Waals surface area (Å²) in [5.74, 6) is -0.116. The molecule has 0 radical (unpaired) electrons. The van der Waals surface area contributed by atoms with Crippen LogP contribution in [0.3, 0.4) is 0 Å². The van der Waals surface area contributed by atoms with E-state index in [-0.39, 0.29) is 12.0 Å². The molecule has 0 aliphatic carbocycles. The molecule has 1 aromatic carbocycles. The second-order valence-corrected chi connectivity index (χ2v) is 7.84. The van der Waals surface area contributed by atoms with Crippen LogP contribution in [0.5, 0.6) is 0 Å². The number of aryl methyl sites for hydroxylation is 1. The van der Waals surface area contributed by atoms with Crippen molar-refractivity contribution < 1.29 is 9.90 Å². The number of hydrogen-bond donors (Lipinski definition) is 1. The third-order valence-corrected chi connectivity index (χ3v) is 5.57. The van der Waals surface area contributed by atoms with Crippen LogP contribution in [0, 0.1) is 0 Å². The Kier molecular flexibility index (Phi) is 5.88. The molecule has 3 rings (SSSR count). The minimum absolute atomic E-state index is 0.0409. The Morgan fingerprint density at radius 3 is 2.69 bits per heavy atom. The van der Waals surface area contributed by atoms with E-state index >= 15 is 0 Å². The van der Waals surface area contributed by atoms with E-state index in [9.17, 15) is 9.59 Å². The highest BCUT2D eigenvalue weighted by molar-refractivity contribution is 9.10. The molecule has 0 bridgehead atoms. The van der Waals surface area contributed by atoms with Gasteiger partial charge in [0.2, 0.25) is 0 Å². The van der Waals surface area contributed by atoms with Crippen molar-refractivity contribution in [1.82, 2.24) is 9.55 Å². The first kappa shape index (κ1) is 18.8. The molecule has 26 heavy (non-hydrogen) atoms. The zero-order valence-corrected chi connectivity index (χ0v) is 16.8. The molecule has 7 heteroatoms. The number of benzene rings is 1. The molecule has 136 valence electrons. The standard InChI is InChI=1S/C19H19BrN2O3S/c1-2-4-15-21-18-17(19(25)22(15)10-3-5-16(23)24)14(11-26-18)12-6-8-13(20)9-7-12/h6-9,11H,2-5,10H2,1H3,(H,23,24). The minimum Gasteiger partial charge on any atom is -0.481 e. The van der Waals surface area contributed by atoms with Gasteiger partial charge in [0.1, 0.15) is 10.7 Å². The summed E-state index contributed by atoms with van der Waals surface area (Å²) in [6.45, 7) is 2.42. The first-order valence-corrected chi connectivity index (χ1v) is 10.2. The number of aromatic nitrogens is 2. The molecule has 0 amide bonds. The lowest BCUT2D eigenvalue weighted by Crippen LogP contribution is -2.25. The van der Waals surface area contributed by atoms with Crippen molar-refractivity contribution in [2.75, 3.05) is 0 Å². The maximum Gasteiger partial charge on any atom is 0.303 e. The number of nitrogens with zero attached hydrogens (tertiary/aromatic N) is 2. The van der Waals surface area contributed by atoms with Crippen molar-refractivity contribution in [3.05, 3.63) is 50.3 Å². The Hall–Kier alpha value is -1.99. The third kappa shape index (κ3) is 3.88. The summed E-state index contributed by atoms with van der Waals surface area (Å²) < 4.78 is 2.64. The van der Waals surface area contributed by atoms with Crippen LogP contribution in [0.25, 0.3) is 21.3 Å². The Balaban J connectivity index is 2.11. The van der Waals surface area contributed by atoms with E-state index in [0.29, 0.717) is 24.8 Å². The van der Waals surface area contributed by atoms with Gasteiger partial charge in [-0.25, -0.2) is 4.98 Å². The molecule has 0 unspecified atom stereocenters. The van der Waals surface area contributed by atoms with Gasteiger partial charge in [0, 0.05) is 34.8 Å². The van der Waals surface area contributed by atoms with Crippen LogP contribution < -0.4 is 5.56 Å². The van der Waals surface area contributed by atoms with E-state index in [1.54, 1.807) is 4.57 Å². The van der Waals surface area contributed by atoms with Gasteiger partial charge in [0.25, 0.3) is 5.56 Å². The quantitative estimate of drug-likeness (QED) is 0.584. The smallest absolute Gasteiger partial charge is 0.303 e. The first-order chi connectivity index (χ1) is 12.5. The van der Waals surface area contributed by atoms with Gasteiger partial charge in [-0.2, -0.15) is 0 Å². The van der Waals surface area contributed by atoms with Crippen molar-refractivity contribution in [1.29, 1.82) is 0 Å². The molecule has 0 aliphatic rings. The molecular formula is C19H19BrN2O3S. The molecule has 1 N–H and O–H groups in total. The topological polar surface area (TPSA) is 72.2 Å². The molecule has 0 saturated carbocycles. The average molecular weight is 435 g/mol. The van der Waals surface area contributed by atoms with Crippen LogP contribution in [0.2, 0.25) is 0 Å². The molecule has 0 fully saturated rings. The first-order valence-electron chi connectivity index (χ1n) is 8.50. The number of fused-ring (bicyclic) bond motifs is 1. The van der Waals surface area contributed by atoms with Gasteiger partial charge in [-0.05, 0) is 30.5 Å². The molecule has 3 aromatic rings. The number of aliphatic carboxylic acids is 1. The molecule has 2 heterocycles. The summed E-state index contributed by atoms with van der Waals surface area (Å²) in [4.78, 5) is 29.5. The van der Waals surface area contributed by atoms with Gasteiger partial charge in [-0.1, -0.05) is 35.0 Å². The Labute approximate surface area is 163 Å². The molecule has 0 saturated heterocycles.